The Morgan fingerprint density at radius 2 is 1.27 bits per heavy atom. The van der Waals surface area contributed by atoms with Crippen LogP contribution in [0.5, 0.6) is 0 Å². The standard InChI is InChI=1S/C34H63NO10/c1-10-13-14-17-23-45-34(8,9)29(31(40)41)25(30(38)39)24-27(37)33(6,7)44-22-18-15-16-19-26(36)32(4,5)35-21-20-28(42-11-2)43-12-3/h25,28-29,35H,10-24H2,1-9H3,(H,38,39)(H,40,41). The number of ketones is 2. The van der Waals surface area contributed by atoms with E-state index in [2.05, 4.69) is 12.2 Å². The number of carboxylic acids is 2. The van der Waals surface area contributed by atoms with E-state index in [-0.39, 0.29) is 18.7 Å². The van der Waals surface area contributed by atoms with Gasteiger partial charge in [0.25, 0.3) is 0 Å². The molecule has 0 heterocycles. The summed E-state index contributed by atoms with van der Waals surface area (Å²) in [6.07, 6.45) is 6.00. The number of carboxylic acid groups (broad SMARTS) is 2. The Labute approximate surface area is 271 Å². The second-order valence-electron chi connectivity index (χ2n) is 13.2. The molecule has 2 unspecified atom stereocenters. The summed E-state index contributed by atoms with van der Waals surface area (Å²) < 4.78 is 22.8. The first-order valence-corrected chi connectivity index (χ1v) is 16.7. The summed E-state index contributed by atoms with van der Waals surface area (Å²) in [6, 6.07) is 0. The maximum Gasteiger partial charge on any atom is 0.310 e. The normalized spacial score (nSPS) is 14.0. The Kier molecular flexibility index (Phi) is 20.9. The molecule has 0 aromatic carbocycles. The predicted molar refractivity (Wildman–Crippen MR) is 173 cm³/mol. The van der Waals surface area contributed by atoms with Gasteiger partial charge in [-0.3, -0.25) is 19.2 Å². The lowest BCUT2D eigenvalue weighted by molar-refractivity contribution is -0.171. The van der Waals surface area contributed by atoms with Crippen LogP contribution in [0.25, 0.3) is 0 Å². The first kappa shape index (κ1) is 43.1. The molecule has 0 rings (SSSR count). The number of carbonyl (C=O) groups excluding carboxylic acids is 2. The smallest absolute Gasteiger partial charge is 0.310 e. The van der Waals surface area contributed by atoms with Gasteiger partial charge in [0.1, 0.15) is 5.60 Å². The first-order valence-electron chi connectivity index (χ1n) is 16.7. The highest BCUT2D eigenvalue weighted by Gasteiger charge is 2.47. The Hall–Kier alpha value is -1.92. The number of carbonyl (C=O) groups is 4. The van der Waals surface area contributed by atoms with Crippen molar-refractivity contribution in [1.29, 1.82) is 0 Å². The Morgan fingerprint density at radius 3 is 1.78 bits per heavy atom. The van der Waals surface area contributed by atoms with E-state index in [0.29, 0.717) is 58.5 Å². The molecule has 3 N–H and O–H groups in total. The van der Waals surface area contributed by atoms with Crippen LogP contribution in [0.15, 0.2) is 0 Å². The number of hydrogen-bond donors (Lipinski definition) is 3. The second-order valence-corrected chi connectivity index (χ2v) is 13.2. The Bertz CT molecular complexity index is 880. The molecule has 0 aliphatic carbocycles. The highest BCUT2D eigenvalue weighted by atomic mass is 16.7. The molecule has 0 spiro atoms. The summed E-state index contributed by atoms with van der Waals surface area (Å²) in [5.41, 5.74) is -3.27. The molecule has 0 fully saturated rings. The number of nitrogens with one attached hydrogen (secondary N) is 1. The van der Waals surface area contributed by atoms with Crippen molar-refractivity contribution in [3.63, 3.8) is 0 Å². The van der Waals surface area contributed by atoms with Crippen molar-refractivity contribution in [2.75, 3.05) is 33.0 Å². The third-order valence-electron chi connectivity index (χ3n) is 8.14. The van der Waals surface area contributed by atoms with E-state index in [1.807, 2.05) is 27.7 Å². The third-order valence-corrected chi connectivity index (χ3v) is 8.14. The molecule has 0 radical (unpaired) electrons. The van der Waals surface area contributed by atoms with Gasteiger partial charge in [0.15, 0.2) is 17.9 Å². The fourth-order valence-electron chi connectivity index (χ4n) is 5.17. The van der Waals surface area contributed by atoms with Gasteiger partial charge in [0, 0.05) is 52.2 Å². The fourth-order valence-corrected chi connectivity index (χ4v) is 5.17. The van der Waals surface area contributed by atoms with E-state index in [9.17, 15) is 29.4 Å². The van der Waals surface area contributed by atoms with Crippen molar-refractivity contribution in [2.24, 2.45) is 11.8 Å². The number of ether oxygens (including phenoxy) is 4. The van der Waals surface area contributed by atoms with Gasteiger partial charge in [0.05, 0.1) is 23.0 Å². The van der Waals surface area contributed by atoms with Crippen molar-refractivity contribution < 1.29 is 48.3 Å². The summed E-state index contributed by atoms with van der Waals surface area (Å²) in [4.78, 5) is 50.5. The van der Waals surface area contributed by atoms with Gasteiger partial charge in [-0.25, -0.2) is 0 Å². The van der Waals surface area contributed by atoms with Gasteiger partial charge in [0.2, 0.25) is 0 Å². The molecule has 0 saturated heterocycles. The lowest BCUT2D eigenvalue weighted by atomic mass is 9.76. The molecule has 11 nitrogen and oxygen atoms in total. The number of hydrogen-bond acceptors (Lipinski definition) is 9. The summed E-state index contributed by atoms with van der Waals surface area (Å²) in [5.74, 6) is -5.97. The highest BCUT2D eigenvalue weighted by Crippen LogP contribution is 2.33. The summed E-state index contributed by atoms with van der Waals surface area (Å²) in [7, 11) is 0. The number of rotatable bonds is 29. The lowest BCUT2D eigenvalue weighted by Gasteiger charge is -2.36. The van der Waals surface area contributed by atoms with Crippen LogP contribution in [0.4, 0.5) is 0 Å². The number of aliphatic carboxylic acids is 2. The fraction of sp³-hybridized carbons (Fsp3) is 0.882. The molecule has 0 aliphatic heterocycles. The van der Waals surface area contributed by atoms with Crippen LogP contribution in [0, 0.1) is 11.8 Å². The first-order chi connectivity index (χ1) is 21.0. The molecule has 0 aliphatic rings. The van der Waals surface area contributed by atoms with E-state index >= 15 is 0 Å². The van der Waals surface area contributed by atoms with Crippen LogP contribution in [-0.2, 0) is 38.1 Å². The summed E-state index contributed by atoms with van der Waals surface area (Å²) in [5, 5.41) is 23.2. The largest absolute Gasteiger partial charge is 0.481 e. The molecule has 0 amide bonds. The van der Waals surface area contributed by atoms with Gasteiger partial charge < -0.3 is 34.5 Å². The van der Waals surface area contributed by atoms with Crippen molar-refractivity contribution in [2.45, 2.75) is 150 Å². The third kappa shape index (κ3) is 17.0. The van der Waals surface area contributed by atoms with Gasteiger partial charge in [-0.05, 0) is 74.7 Å². The molecule has 2 atom stereocenters. The van der Waals surface area contributed by atoms with Crippen molar-refractivity contribution in [3.8, 4) is 0 Å². The summed E-state index contributed by atoms with van der Waals surface area (Å²) >= 11 is 0. The molecule has 11 heteroatoms. The van der Waals surface area contributed by atoms with Crippen LogP contribution in [0.3, 0.4) is 0 Å². The average Bonchev–Trinajstić information content (AvgIpc) is 2.93. The molecule has 45 heavy (non-hydrogen) atoms. The van der Waals surface area contributed by atoms with Gasteiger partial charge in [-0.15, -0.1) is 0 Å². The lowest BCUT2D eigenvalue weighted by Crippen LogP contribution is -2.49. The molecule has 264 valence electrons. The van der Waals surface area contributed by atoms with Crippen LogP contribution in [0.2, 0.25) is 0 Å². The maximum atomic E-state index is 13.2. The molecule has 0 saturated carbocycles. The predicted octanol–water partition coefficient (Wildman–Crippen LogP) is 5.80. The zero-order valence-electron chi connectivity index (χ0n) is 29.5. The van der Waals surface area contributed by atoms with E-state index in [1.54, 1.807) is 27.7 Å². The van der Waals surface area contributed by atoms with E-state index in [0.717, 1.165) is 25.7 Å². The maximum absolute atomic E-state index is 13.2. The second kappa shape index (κ2) is 21.8. The number of unbranched alkanes of at least 4 members (excludes halogenated alkanes) is 5. The minimum absolute atomic E-state index is 0.101. The van der Waals surface area contributed by atoms with E-state index in [4.69, 9.17) is 18.9 Å². The summed E-state index contributed by atoms with van der Waals surface area (Å²) in [6.45, 7) is 18.2. The Balaban J connectivity index is 4.86. The van der Waals surface area contributed by atoms with Crippen molar-refractivity contribution >= 4 is 23.5 Å². The van der Waals surface area contributed by atoms with Crippen molar-refractivity contribution in [1.82, 2.24) is 5.32 Å². The zero-order chi connectivity index (χ0) is 34.7. The molecular formula is C34H63NO10. The molecule has 0 aromatic heterocycles. The average molecular weight is 646 g/mol. The highest BCUT2D eigenvalue weighted by molar-refractivity contribution is 5.92. The van der Waals surface area contributed by atoms with Crippen LogP contribution < -0.4 is 5.32 Å². The van der Waals surface area contributed by atoms with Gasteiger partial charge in [-0.1, -0.05) is 32.6 Å². The van der Waals surface area contributed by atoms with E-state index < -0.39 is 52.7 Å². The SMILES string of the molecule is CCCCCCOC(C)(C)C(C(=O)O)C(CC(=O)C(C)(C)OCCCCCC(=O)C(C)(C)NCCC(OCC)OCC)C(=O)O. The minimum Gasteiger partial charge on any atom is -0.481 e. The van der Waals surface area contributed by atoms with Crippen LogP contribution >= 0.6 is 0 Å². The van der Waals surface area contributed by atoms with Gasteiger partial charge >= 0.3 is 11.9 Å². The minimum atomic E-state index is -1.48. The van der Waals surface area contributed by atoms with Gasteiger partial charge in [-0.2, -0.15) is 0 Å². The molecule has 0 aromatic rings. The quantitative estimate of drug-likeness (QED) is 0.0666. The van der Waals surface area contributed by atoms with Crippen LogP contribution in [-0.4, -0.2) is 89.7 Å². The van der Waals surface area contributed by atoms with Crippen molar-refractivity contribution in [3.05, 3.63) is 0 Å². The zero-order valence-corrected chi connectivity index (χ0v) is 29.5. The number of Topliss-reactive ketones (excluding diaryl/α,β-unsaturated/α-hetero) is 2. The molecular weight excluding hydrogens is 582 g/mol. The Morgan fingerprint density at radius 1 is 0.711 bits per heavy atom. The van der Waals surface area contributed by atoms with Crippen LogP contribution in [0.1, 0.15) is 127 Å². The monoisotopic (exact) mass is 645 g/mol. The van der Waals surface area contributed by atoms with E-state index in [1.165, 1.54) is 0 Å². The molecule has 0 bridgehead atoms. The topological polar surface area (TPSA) is 158 Å².